The molecule has 0 spiro atoms. The molecule has 0 atom stereocenters. The summed E-state index contributed by atoms with van der Waals surface area (Å²) < 4.78 is 0. The predicted octanol–water partition coefficient (Wildman–Crippen LogP) is 8.58. The van der Waals surface area contributed by atoms with Crippen molar-refractivity contribution in [1.82, 2.24) is 0 Å². The van der Waals surface area contributed by atoms with Crippen LogP contribution >= 0.6 is 11.8 Å². The molecule has 0 saturated carbocycles. The minimum Gasteiger partial charge on any atom is -0.255 e. The Morgan fingerprint density at radius 3 is 2.06 bits per heavy atom. The lowest BCUT2D eigenvalue weighted by atomic mass is 9.78. The van der Waals surface area contributed by atoms with Crippen LogP contribution in [0.15, 0.2) is 86.7 Å². The average molecular weight is 431 g/mol. The van der Waals surface area contributed by atoms with Crippen LogP contribution in [0.3, 0.4) is 0 Å². The van der Waals surface area contributed by atoms with Gasteiger partial charge < -0.3 is 0 Å². The largest absolute Gasteiger partial charge is 0.255 e. The van der Waals surface area contributed by atoms with Gasteiger partial charge in [0.05, 0.1) is 5.69 Å². The molecular formula is C27H30N2OS. The summed E-state index contributed by atoms with van der Waals surface area (Å²) in [6.45, 7) is 12.9. The van der Waals surface area contributed by atoms with E-state index >= 15 is 0 Å². The first-order chi connectivity index (χ1) is 14.6. The molecule has 0 fully saturated rings. The number of para-hydroxylation sites is 1. The van der Waals surface area contributed by atoms with E-state index in [0.717, 1.165) is 26.6 Å². The summed E-state index contributed by atoms with van der Waals surface area (Å²) in [4.78, 5) is 18.9. The Labute approximate surface area is 190 Å². The van der Waals surface area contributed by atoms with Crippen molar-refractivity contribution >= 4 is 29.4 Å². The zero-order valence-corrected chi connectivity index (χ0v) is 20.0. The van der Waals surface area contributed by atoms with E-state index in [0.29, 0.717) is 5.69 Å². The van der Waals surface area contributed by atoms with Gasteiger partial charge in [0, 0.05) is 21.6 Å². The molecule has 0 radical (unpaired) electrons. The lowest BCUT2D eigenvalue weighted by Crippen LogP contribution is -2.17. The number of hydrogen-bond donors (Lipinski definition) is 0. The van der Waals surface area contributed by atoms with E-state index in [-0.39, 0.29) is 10.8 Å². The van der Waals surface area contributed by atoms with E-state index in [9.17, 15) is 4.91 Å². The fraction of sp³-hybridized carbons (Fsp3) is 0.296. The summed E-state index contributed by atoms with van der Waals surface area (Å²) in [5.41, 5.74) is 3.96. The van der Waals surface area contributed by atoms with Gasteiger partial charge in [0.25, 0.3) is 0 Å². The van der Waals surface area contributed by atoms with Crippen LogP contribution in [0.25, 0.3) is 0 Å². The Kier molecular flexibility index (Phi) is 6.80. The molecule has 0 aliphatic heterocycles. The van der Waals surface area contributed by atoms with Gasteiger partial charge in [-0.05, 0) is 57.5 Å². The van der Waals surface area contributed by atoms with E-state index < -0.39 is 0 Å². The molecule has 0 aromatic heterocycles. The van der Waals surface area contributed by atoms with Crippen molar-refractivity contribution in [1.29, 1.82) is 0 Å². The molecule has 0 saturated heterocycles. The third-order valence-electron chi connectivity index (χ3n) is 5.08. The fourth-order valence-electron chi connectivity index (χ4n) is 3.27. The molecule has 0 heterocycles. The van der Waals surface area contributed by atoms with Gasteiger partial charge in [-0.25, -0.2) is 0 Å². The number of hydrogen-bond acceptors (Lipinski definition) is 4. The van der Waals surface area contributed by atoms with Crippen LogP contribution in [-0.2, 0) is 10.8 Å². The van der Waals surface area contributed by atoms with E-state index in [2.05, 4.69) is 71.0 Å². The minimum atomic E-state index is -0.200. The van der Waals surface area contributed by atoms with Crippen LogP contribution in [0.4, 0.5) is 11.4 Å². The maximum absolute atomic E-state index is 11.9. The van der Waals surface area contributed by atoms with Crippen molar-refractivity contribution in [3.05, 3.63) is 88.3 Å². The quantitative estimate of drug-likeness (QED) is 0.300. The summed E-state index contributed by atoms with van der Waals surface area (Å²) in [5, 5.41) is 3.42. The van der Waals surface area contributed by atoms with Gasteiger partial charge in [-0.1, -0.05) is 89.7 Å². The zero-order chi connectivity index (χ0) is 22.6. The van der Waals surface area contributed by atoms with Crippen molar-refractivity contribution in [3.63, 3.8) is 0 Å². The molecule has 4 heteroatoms. The molecule has 3 rings (SSSR count). The fourth-order valence-corrected chi connectivity index (χ4v) is 4.19. The highest BCUT2D eigenvalue weighted by Crippen LogP contribution is 2.39. The van der Waals surface area contributed by atoms with E-state index in [1.165, 1.54) is 5.56 Å². The zero-order valence-electron chi connectivity index (χ0n) is 19.1. The van der Waals surface area contributed by atoms with Gasteiger partial charge in [-0.2, -0.15) is 0 Å². The molecule has 0 N–H and O–H groups in total. The highest BCUT2D eigenvalue weighted by Gasteiger charge is 2.25. The van der Waals surface area contributed by atoms with Crippen LogP contribution in [0.5, 0.6) is 0 Å². The first-order valence-corrected chi connectivity index (χ1v) is 11.3. The lowest BCUT2D eigenvalue weighted by Gasteiger charge is -2.26. The number of nitrogens with zero attached hydrogens (tertiary/aromatic N) is 2. The van der Waals surface area contributed by atoms with Crippen molar-refractivity contribution in [2.24, 2.45) is 10.2 Å². The van der Waals surface area contributed by atoms with Crippen LogP contribution in [0.1, 0.15) is 58.2 Å². The summed E-state index contributed by atoms with van der Waals surface area (Å²) in [5.74, 6) is 0. The maximum Gasteiger partial charge on any atom is 0.120 e. The maximum atomic E-state index is 11.9. The molecule has 3 aromatic carbocycles. The lowest BCUT2D eigenvalue weighted by molar-refractivity contribution is 0.569. The molecule has 160 valence electrons. The highest BCUT2D eigenvalue weighted by atomic mass is 32.2. The number of benzene rings is 3. The SMILES string of the molecule is CC(C)(C)c1cc(/C=N/c2ccccc2Sc2ccccc2)c(N=O)c(C(C)(C)C)c1. The van der Waals surface area contributed by atoms with Gasteiger partial charge in [0.1, 0.15) is 5.69 Å². The first kappa shape index (κ1) is 23.0. The van der Waals surface area contributed by atoms with Gasteiger partial charge >= 0.3 is 0 Å². The molecule has 0 unspecified atom stereocenters. The third kappa shape index (κ3) is 5.71. The Hall–Kier alpha value is -2.72. The van der Waals surface area contributed by atoms with Crippen LogP contribution < -0.4 is 0 Å². The smallest absolute Gasteiger partial charge is 0.120 e. The second-order valence-corrected chi connectivity index (χ2v) is 10.8. The van der Waals surface area contributed by atoms with Gasteiger partial charge in [0.15, 0.2) is 0 Å². The Morgan fingerprint density at radius 1 is 0.806 bits per heavy atom. The molecule has 0 aliphatic rings. The summed E-state index contributed by atoms with van der Waals surface area (Å²) in [6.07, 6.45) is 1.78. The van der Waals surface area contributed by atoms with E-state index in [4.69, 9.17) is 4.99 Å². The van der Waals surface area contributed by atoms with E-state index in [1.807, 2.05) is 42.5 Å². The summed E-state index contributed by atoms with van der Waals surface area (Å²) in [6, 6.07) is 22.5. The minimum absolute atomic E-state index is 0.0505. The number of nitroso groups, excluding NO2 is 1. The Morgan fingerprint density at radius 2 is 1.45 bits per heavy atom. The van der Waals surface area contributed by atoms with Crippen LogP contribution in [0.2, 0.25) is 0 Å². The Balaban J connectivity index is 2.08. The predicted molar refractivity (Wildman–Crippen MR) is 134 cm³/mol. The molecular weight excluding hydrogens is 400 g/mol. The number of aliphatic imine (C=N–C) groups is 1. The van der Waals surface area contributed by atoms with Crippen molar-refractivity contribution in [2.45, 2.75) is 62.2 Å². The normalized spacial score (nSPS) is 12.3. The molecule has 3 aromatic rings. The van der Waals surface area contributed by atoms with Gasteiger partial charge in [-0.15, -0.1) is 4.91 Å². The second kappa shape index (κ2) is 9.19. The standard InChI is InChI=1S/C27H30N2OS/c1-26(2,3)20-16-19(25(29-30)22(17-20)27(4,5)6)18-28-23-14-10-11-15-24(23)31-21-12-8-7-9-13-21/h7-18H,1-6H3/b28-18+. The van der Waals surface area contributed by atoms with Crippen LogP contribution in [-0.4, -0.2) is 6.21 Å². The summed E-state index contributed by atoms with van der Waals surface area (Å²) in [7, 11) is 0. The Bertz CT molecular complexity index is 1090. The van der Waals surface area contributed by atoms with Crippen molar-refractivity contribution in [2.75, 3.05) is 0 Å². The molecule has 0 amide bonds. The topological polar surface area (TPSA) is 41.8 Å². The monoisotopic (exact) mass is 430 g/mol. The molecule has 31 heavy (non-hydrogen) atoms. The third-order valence-corrected chi connectivity index (χ3v) is 6.16. The van der Waals surface area contributed by atoms with Gasteiger partial charge in [-0.3, -0.25) is 4.99 Å². The first-order valence-electron chi connectivity index (χ1n) is 10.5. The highest BCUT2D eigenvalue weighted by molar-refractivity contribution is 7.99. The van der Waals surface area contributed by atoms with Crippen molar-refractivity contribution < 1.29 is 0 Å². The molecule has 0 bridgehead atoms. The average Bonchev–Trinajstić information content (AvgIpc) is 2.72. The van der Waals surface area contributed by atoms with Crippen LogP contribution in [0, 0.1) is 4.91 Å². The second-order valence-electron chi connectivity index (χ2n) is 9.69. The van der Waals surface area contributed by atoms with Crippen molar-refractivity contribution in [3.8, 4) is 0 Å². The summed E-state index contributed by atoms with van der Waals surface area (Å²) >= 11 is 1.68. The van der Waals surface area contributed by atoms with E-state index in [1.54, 1.807) is 18.0 Å². The molecule has 3 nitrogen and oxygen atoms in total. The van der Waals surface area contributed by atoms with Gasteiger partial charge in [0.2, 0.25) is 0 Å². The number of rotatable bonds is 5. The molecule has 0 aliphatic carbocycles.